The van der Waals surface area contributed by atoms with Crippen LogP contribution in [0.4, 0.5) is 0 Å². The summed E-state index contributed by atoms with van der Waals surface area (Å²) in [6.45, 7) is 4.82. The number of ether oxygens (including phenoxy) is 1. The van der Waals surface area contributed by atoms with E-state index in [1.54, 1.807) is 11.3 Å². The van der Waals surface area contributed by atoms with Crippen molar-refractivity contribution in [2.75, 3.05) is 6.61 Å². The molecule has 1 heterocycles. The highest BCUT2D eigenvalue weighted by molar-refractivity contribution is 7.07. The molecule has 1 aromatic rings. The Kier molecular flexibility index (Phi) is 2.74. The van der Waals surface area contributed by atoms with Gasteiger partial charge in [0, 0.05) is 6.61 Å². The smallest absolute Gasteiger partial charge is 0.0724 e. The molecule has 9 heavy (non-hydrogen) atoms. The first kappa shape index (κ1) is 6.78. The van der Waals surface area contributed by atoms with E-state index in [9.17, 15) is 0 Å². The topological polar surface area (TPSA) is 9.23 Å². The molecule has 0 saturated heterocycles. The summed E-state index contributed by atoms with van der Waals surface area (Å²) in [5.74, 6) is 0. The van der Waals surface area contributed by atoms with E-state index in [0.29, 0.717) is 13.2 Å². The lowest BCUT2D eigenvalue weighted by Gasteiger charge is -1.94. The van der Waals surface area contributed by atoms with Gasteiger partial charge in [0.25, 0.3) is 0 Å². The van der Waals surface area contributed by atoms with E-state index in [1.165, 1.54) is 5.56 Å². The van der Waals surface area contributed by atoms with Crippen molar-refractivity contribution in [2.24, 2.45) is 0 Å². The molecular formula is C7H9OS. The zero-order valence-electron chi connectivity index (χ0n) is 5.17. The van der Waals surface area contributed by atoms with Crippen LogP contribution in [0.3, 0.4) is 0 Å². The highest BCUT2D eigenvalue weighted by atomic mass is 32.1. The zero-order valence-corrected chi connectivity index (χ0v) is 5.99. The summed E-state index contributed by atoms with van der Waals surface area (Å²) in [5, 5.41) is 4.12. The van der Waals surface area contributed by atoms with Gasteiger partial charge in [0.1, 0.15) is 0 Å². The van der Waals surface area contributed by atoms with E-state index in [1.807, 2.05) is 5.38 Å². The summed E-state index contributed by atoms with van der Waals surface area (Å²) in [5.41, 5.74) is 1.24. The molecule has 0 amide bonds. The average Bonchev–Trinajstić information content (AvgIpc) is 2.34. The molecule has 0 spiro atoms. The van der Waals surface area contributed by atoms with Crippen LogP contribution < -0.4 is 0 Å². The van der Waals surface area contributed by atoms with Gasteiger partial charge in [-0.2, -0.15) is 11.3 Å². The number of hydrogen-bond acceptors (Lipinski definition) is 2. The third kappa shape index (κ3) is 2.16. The largest absolute Gasteiger partial charge is 0.377 e. The van der Waals surface area contributed by atoms with E-state index < -0.39 is 0 Å². The summed E-state index contributed by atoms with van der Waals surface area (Å²) < 4.78 is 5.07. The Labute approximate surface area is 59.3 Å². The SMILES string of the molecule is [CH2]COCc1ccsc1. The van der Waals surface area contributed by atoms with Crippen molar-refractivity contribution in [1.82, 2.24) is 0 Å². The highest BCUT2D eigenvalue weighted by Crippen LogP contribution is 2.06. The predicted octanol–water partition coefficient (Wildman–Crippen LogP) is 2.10. The fraction of sp³-hybridized carbons (Fsp3) is 0.286. The van der Waals surface area contributed by atoms with Crippen LogP contribution in [0.2, 0.25) is 0 Å². The van der Waals surface area contributed by atoms with Crippen LogP contribution in [-0.4, -0.2) is 6.61 Å². The quantitative estimate of drug-likeness (QED) is 0.626. The summed E-state index contributed by atoms with van der Waals surface area (Å²) >= 11 is 1.69. The lowest BCUT2D eigenvalue weighted by atomic mass is 10.4. The monoisotopic (exact) mass is 141 g/mol. The van der Waals surface area contributed by atoms with E-state index in [0.717, 1.165) is 0 Å². The van der Waals surface area contributed by atoms with Crippen molar-refractivity contribution in [2.45, 2.75) is 6.61 Å². The van der Waals surface area contributed by atoms with Crippen LogP contribution in [0.25, 0.3) is 0 Å². The standard InChI is InChI=1S/C7H9OS/c1-2-8-5-7-3-4-9-6-7/h3-4,6H,1-2,5H2. The summed E-state index contributed by atoms with van der Waals surface area (Å²) in [7, 11) is 0. The Balaban J connectivity index is 2.30. The first-order valence-electron chi connectivity index (χ1n) is 2.81. The lowest BCUT2D eigenvalue weighted by Crippen LogP contribution is -1.88. The maximum Gasteiger partial charge on any atom is 0.0724 e. The van der Waals surface area contributed by atoms with Crippen LogP contribution >= 0.6 is 11.3 Å². The van der Waals surface area contributed by atoms with Crippen molar-refractivity contribution in [3.05, 3.63) is 29.3 Å². The molecular weight excluding hydrogens is 132 g/mol. The van der Waals surface area contributed by atoms with Crippen LogP contribution in [0, 0.1) is 6.92 Å². The molecule has 0 fully saturated rings. The van der Waals surface area contributed by atoms with Gasteiger partial charge < -0.3 is 4.74 Å². The fourth-order valence-electron chi connectivity index (χ4n) is 0.565. The van der Waals surface area contributed by atoms with Gasteiger partial charge in [0.05, 0.1) is 6.61 Å². The second-order valence-electron chi connectivity index (χ2n) is 1.68. The maximum absolute atomic E-state index is 5.07. The van der Waals surface area contributed by atoms with E-state index in [4.69, 9.17) is 4.74 Å². The Morgan fingerprint density at radius 1 is 1.67 bits per heavy atom. The Bertz CT molecular complexity index is 146. The average molecular weight is 141 g/mol. The molecule has 0 saturated carbocycles. The van der Waals surface area contributed by atoms with E-state index in [2.05, 4.69) is 18.4 Å². The van der Waals surface area contributed by atoms with Crippen molar-refractivity contribution in [3.63, 3.8) is 0 Å². The Morgan fingerprint density at radius 3 is 3.11 bits per heavy atom. The minimum Gasteiger partial charge on any atom is -0.377 e. The predicted molar refractivity (Wildman–Crippen MR) is 39.3 cm³/mol. The Hall–Kier alpha value is -0.340. The first-order valence-corrected chi connectivity index (χ1v) is 3.76. The second-order valence-corrected chi connectivity index (χ2v) is 2.46. The van der Waals surface area contributed by atoms with E-state index in [-0.39, 0.29) is 0 Å². The van der Waals surface area contributed by atoms with Crippen LogP contribution in [-0.2, 0) is 11.3 Å². The molecule has 1 aromatic heterocycles. The highest BCUT2D eigenvalue weighted by Gasteiger charge is 1.88. The fourth-order valence-corrected chi connectivity index (χ4v) is 1.22. The van der Waals surface area contributed by atoms with Gasteiger partial charge in [-0.3, -0.25) is 0 Å². The molecule has 1 radical (unpaired) electrons. The van der Waals surface area contributed by atoms with Gasteiger partial charge >= 0.3 is 0 Å². The van der Waals surface area contributed by atoms with Gasteiger partial charge in [0.2, 0.25) is 0 Å². The second kappa shape index (κ2) is 3.64. The molecule has 0 bridgehead atoms. The molecule has 0 N–H and O–H groups in total. The number of rotatable bonds is 3. The maximum atomic E-state index is 5.07. The summed E-state index contributed by atoms with van der Waals surface area (Å²) in [6.07, 6.45) is 0. The molecule has 0 aromatic carbocycles. The normalized spacial score (nSPS) is 9.89. The van der Waals surface area contributed by atoms with Crippen LogP contribution in [0.1, 0.15) is 5.56 Å². The van der Waals surface area contributed by atoms with Crippen molar-refractivity contribution in [1.29, 1.82) is 0 Å². The van der Waals surface area contributed by atoms with Crippen molar-refractivity contribution < 1.29 is 4.74 Å². The zero-order chi connectivity index (χ0) is 6.53. The molecule has 0 aliphatic rings. The van der Waals surface area contributed by atoms with Gasteiger partial charge in [-0.25, -0.2) is 0 Å². The molecule has 2 heteroatoms. The molecule has 1 nitrogen and oxygen atoms in total. The molecule has 0 unspecified atom stereocenters. The summed E-state index contributed by atoms with van der Waals surface area (Å²) in [4.78, 5) is 0. The van der Waals surface area contributed by atoms with Crippen molar-refractivity contribution in [3.8, 4) is 0 Å². The number of thiophene rings is 1. The van der Waals surface area contributed by atoms with Gasteiger partial charge in [-0.1, -0.05) is 0 Å². The molecule has 0 aliphatic heterocycles. The molecule has 0 atom stereocenters. The van der Waals surface area contributed by atoms with Crippen LogP contribution in [0.15, 0.2) is 16.8 Å². The summed E-state index contributed by atoms with van der Waals surface area (Å²) in [6, 6.07) is 2.06. The number of hydrogen-bond donors (Lipinski definition) is 0. The minimum atomic E-state index is 0.551. The third-order valence-corrected chi connectivity index (χ3v) is 1.73. The molecule has 0 aliphatic carbocycles. The first-order chi connectivity index (χ1) is 4.43. The van der Waals surface area contributed by atoms with Crippen molar-refractivity contribution >= 4 is 11.3 Å². The van der Waals surface area contributed by atoms with Gasteiger partial charge in [0.15, 0.2) is 0 Å². The Morgan fingerprint density at radius 2 is 2.56 bits per heavy atom. The van der Waals surface area contributed by atoms with Crippen LogP contribution in [0.5, 0.6) is 0 Å². The van der Waals surface area contributed by atoms with Gasteiger partial charge in [-0.15, -0.1) is 0 Å². The van der Waals surface area contributed by atoms with E-state index >= 15 is 0 Å². The third-order valence-electron chi connectivity index (χ3n) is 0.993. The lowest BCUT2D eigenvalue weighted by molar-refractivity contribution is 0.147. The van der Waals surface area contributed by atoms with Gasteiger partial charge in [-0.05, 0) is 29.3 Å². The minimum absolute atomic E-state index is 0.551. The molecule has 49 valence electrons. The molecule has 1 rings (SSSR count).